The van der Waals surface area contributed by atoms with Crippen molar-refractivity contribution >= 4 is 47.2 Å². The zero-order chi connectivity index (χ0) is 6.57. The molecule has 0 bridgehead atoms. The van der Waals surface area contributed by atoms with E-state index in [1.54, 1.807) is 0 Å². The van der Waals surface area contributed by atoms with Crippen LogP contribution in [0.15, 0.2) is 4.74 Å². The Bertz CT molecular complexity index is 161. The number of nitrogens with two attached hydrogens (primary N) is 1. The van der Waals surface area contributed by atoms with Crippen LogP contribution in [0.2, 0.25) is 0 Å². The molecule has 2 N–H and O–H groups in total. The van der Waals surface area contributed by atoms with E-state index < -0.39 is 6.49 Å². The van der Waals surface area contributed by atoms with Gasteiger partial charge in [0.05, 0.1) is 12.1 Å². The lowest BCUT2D eigenvalue weighted by molar-refractivity contribution is 1.67. The Labute approximate surface area is 63.5 Å². The van der Waals surface area contributed by atoms with E-state index in [9.17, 15) is 0 Å². The molecule has 0 saturated heterocycles. The van der Waals surface area contributed by atoms with E-state index in [1.807, 2.05) is 0 Å². The van der Waals surface area contributed by atoms with Crippen LogP contribution in [0.3, 0.4) is 0 Å². The second-order valence-electron chi connectivity index (χ2n) is 0.910. The fraction of sp³-hybridized carbons (Fsp3) is 0.500. The van der Waals surface area contributed by atoms with Gasteiger partial charge in [-0.05, 0) is 24.0 Å². The Morgan fingerprint density at radius 2 is 2.38 bits per heavy atom. The number of hydrogen-bond acceptors (Lipinski definition) is 2. The first-order chi connectivity index (χ1) is 3.66. The van der Waals surface area contributed by atoms with Crippen molar-refractivity contribution in [1.29, 1.82) is 0 Å². The molecule has 0 aromatic carbocycles. The van der Waals surface area contributed by atoms with Gasteiger partial charge in [-0.15, -0.1) is 11.6 Å². The molecule has 6 heteroatoms. The molecule has 0 amide bonds. The molecule has 0 aromatic rings. The Hall–Kier alpha value is 0.500. The van der Waals surface area contributed by atoms with Crippen LogP contribution in [0.4, 0.5) is 0 Å². The van der Waals surface area contributed by atoms with Gasteiger partial charge in [0, 0.05) is 0 Å². The molecule has 1 unspecified atom stereocenters. The standard InChI is InChI=1S/C2H4ClN2PS2/c3-1-6(8)5-2(4)7/h1H2,(H2,4,7). The highest BCUT2D eigenvalue weighted by Gasteiger charge is 1.79. The van der Waals surface area contributed by atoms with Crippen molar-refractivity contribution in [2.45, 2.75) is 0 Å². The molecule has 0 spiro atoms. The smallest absolute Gasteiger partial charge is 0.194 e. The van der Waals surface area contributed by atoms with E-state index in [2.05, 4.69) is 17.0 Å². The fourth-order valence-electron chi connectivity index (χ4n) is 0.137. The maximum atomic E-state index is 5.31. The zero-order valence-electron chi connectivity index (χ0n) is 3.87. The van der Waals surface area contributed by atoms with Crippen molar-refractivity contribution in [2.24, 2.45) is 10.5 Å². The highest BCUT2D eigenvalue weighted by molar-refractivity contribution is 8.01. The van der Waals surface area contributed by atoms with E-state index >= 15 is 0 Å². The van der Waals surface area contributed by atoms with Crippen molar-refractivity contribution in [1.82, 2.24) is 0 Å². The van der Waals surface area contributed by atoms with Crippen LogP contribution in [0.1, 0.15) is 0 Å². The lowest BCUT2D eigenvalue weighted by atomic mass is 11.3. The molecule has 0 heterocycles. The normalized spacial score (nSPS) is 11.4. The second kappa shape index (κ2) is 4.39. The van der Waals surface area contributed by atoms with E-state index in [1.165, 1.54) is 0 Å². The zero-order valence-corrected chi connectivity index (χ0v) is 7.16. The van der Waals surface area contributed by atoms with E-state index in [-0.39, 0.29) is 5.11 Å². The average molecular weight is 187 g/mol. The Morgan fingerprint density at radius 3 is 2.50 bits per heavy atom. The first kappa shape index (κ1) is 8.50. The third-order valence-electron chi connectivity index (χ3n) is 0.312. The summed E-state index contributed by atoms with van der Waals surface area (Å²) in [6.45, 7) is -0.910. The number of rotatable bonds is 1. The van der Waals surface area contributed by atoms with Crippen LogP contribution < -0.4 is 5.73 Å². The molecular formula is C2H4ClN2PS2. The average Bonchev–Trinajstić information content (AvgIpc) is 1.65. The van der Waals surface area contributed by atoms with Crippen molar-refractivity contribution in [3.63, 3.8) is 0 Å². The van der Waals surface area contributed by atoms with Crippen LogP contribution in [0.25, 0.3) is 0 Å². The van der Waals surface area contributed by atoms with Gasteiger partial charge in [0.2, 0.25) is 0 Å². The summed E-state index contributed by atoms with van der Waals surface area (Å²) >= 11 is 14.5. The summed E-state index contributed by atoms with van der Waals surface area (Å²) in [6, 6.07) is 0. The molecule has 0 saturated carbocycles. The molecule has 8 heavy (non-hydrogen) atoms. The van der Waals surface area contributed by atoms with Crippen molar-refractivity contribution in [2.75, 3.05) is 5.62 Å². The van der Waals surface area contributed by atoms with Crippen LogP contribution in [-0.4, -0.2) is 10.7 Å². The summed E-state index contributed by atoms with van der Waals surface area (Å²) in [6.07, 6.45) is 0. The van der Waals surface area contributed by atoms with Gasteiger partial charge in [0.15, 0.2) is 5.11 Å². The molecule has 0 rings (SSSR count). The van der Waals surface area contributed by atoms with Gasteiger partial charge in [0.1, 0.15) is 0 Å². The summed E-state index contributed by atoms with van der Waals surface area (Å²) in [5.74, 6) is 0. The van der Waals surface area contributed by atoms with Crippen molar-refractivity contribution in [3.05, 3.63) is 0 Å². The van der Waals surface area contributed by atoms with Crippen molar-refractivity contribution in [3.8, 4) is 0 Å². The van der Waals surface area contributed by atoms with Crippen LogP contribution >= 0.6 is 30.3 Å². The first-order valence-corrected chi connectivity index (χ1v) is 5.12. The Balaban J connectivity index is 3.96. The van der Waals surface area contributed by atoms with Gasteiger partial charge in [0.25, 0.3) is 0 Å². The SMILES string of the molecule is NC(=S)N=P(=S)CCl. The lowest BCUT2D eigenvalue weighted by Crippen LogP contribution is -2.00. The maximum Gasteiger partial charge on any atom is 0.194 e. The summed E-state index contributed by atoms with van der Waals surface area (Å²) in [4.78, 5) is 0. The monoisotopic (exact) mass is 186 g/mol. The molecule has 0 aliphatic carbocycles. The molecule has 46 valence electrons. The van der Waals surface area contributed by atoms with Crippen LogP contribution in [0.5, 0.6) is 0 Å². The fourth-order valence-corrected chi connectivity index (χ4v) is 1.28. The van der Waals surface area contributed by atoms with E-state index in [4.69, 9.17) is 29.1 Å². The van der Waals surface area contributed by atoms with Crippen molar-refractivity contribution < 1.29 is 0 Å². The largest absolute Gasteiger partial charge is 0.374 e. The minimum Gasteiger partial charge on any atom is -0.374 e. The lowest BCUT2D eigenvalue weighted by Gasteiger charge is -1.80. The molecule has 0 aromatic heterocycles. The topological polar surface area (TPSA) is 38.4 Å². The number of thiocarbonyl (C=S) groups is 1. The van der Waals surface area contributed by atoms with Crippen LogP contribution in [-0.2, 0) is 11.8 Å². The van der Waals surface area contributed by atoms with E-state index in [0.29, 0.717) is 5.62 Å². The van der Waals surface area contributed by atoms with Gasteiger partial charge in [-0.3, -0.25) is 0 Å². The summed E-state index contributed by atoms with van der Waals surface area (Å²) in [5, 5.41) is 0.103. The Kier molecular flexibility index (Phi) is 4.66. The van der Waals surface area contributed by atoms with Gasteiger partial charge in [-0.25, -0.2) is 0 Å². The third kappa shape index (κ3) is 4.65. The summed E-state index contributed by atoms with van der Waals surface area (Å²) in [7, 11) is 0. The van der Waals surface area contributed by atoms with Gasteiger partial charge >= 0.3 is 0 Å². The number of halogens is 1. The van der Waals surface area contributed by atoms with Gasteiger partial charge in [-0.2, -0.15) is 4.74 Å². The molecule has 2 nitrogen and oxygen atoms in total. The van der Waals surface area contributed by atoms with Gasteiger partial charge in [-0.1, -0.05) is 0 Å². The Morgan fingerprint density at radius 1 is 1.88 bits per heavy atom. The highest BCUT2D eigenvalue weighted by Crippen LogP contribution is 2.10. The summed E-state index contributed by atoms with van der Waals surface area (Å²) in [5.41, 5.74) is 5.37. The number of hydrogen-bond donors (Lipinski definition) is 1. The number of nitrogens with zero attached hydrogens (tertiary/aromatic N) is 1. The molecule has 0 aliphatic heterocycles. The predicted octanol–water partition coefficient (Wildman–Crippen LogP) is 1.55. The molecular weight excluding hydrogens is 183 g/mol. The molecule has 0 radical (unpaired) electrons. The minimum atomic E-state index is -0.910. The molecule has 0 aliphatic rings. The second-order valence-corrected chi connectivity index (χ2v) is 4.45. The minimum absolute atomic E-state index is 0.103. The maximum absolute atomic E-state index is 5.31. The predicted molar refractivity (Wildman–Crippen MR) is 44.2 cm³/mol. The third-order valence-corrected chi connectivity index (χ3v) is 2.92. The quantitative estimate of drug-likeness (QED) is 0.384. The van der Waals surface area contributed by atoms with Gasteiger partial charge < -0.3 is 5.73 Å². The summed E-state index contributed by atoms with van der Waals surface area (Å²) < 4.78 is 3.65. The van der Waals surface area contributed by atoms with Crippen LogP contribution in [0, 0.1) is 0 Å². The molecule has 0 fully saturated rings. The highest BCUT2D eigenvalue weighted by atomic mass is 35.5. The number of alkyl halides is 1. The first-order valence-electron chi connectivity index (χ1n) is 1.68. The van der Waals surface area contributed by atoms with E-state index in [0.717, 1.165) is 0 Å². The molecule has 1 atom stereocenters.